The summed E-state index contributed by atoms with van der Waals surface area (Å²) in [5, 5.41) is 4.40. The van der Waals surface area contributed by atoms with E-state index in [4.69, 9.17) is 5.73 Å². The summed E-state index contributed by atoms with van der Waals surface area (Å²) in [6.45, 7) is 1.79. The van der Waals surface area contributed by atoms with Crippen LogP contribution in [0.4, 0.5) is 0 Å². The van der Waals surface area contributed by atoms with Crippen molar-refractivity contribution in [2.75, 3.05) is 20.1 Å². The number of aliphatic imine (C=N–C) groups is 1. The molecule has 1 saturated heterocycles. The van der Waals surface area contributed by atoms with Gasteiger partial charge in [0.1, 0.15) is 0 Å². The van der Waals surface area contributed by atoms with Crippen molar-refractivity contribution in [3.63, 3.8) is 0 Å². The van der Waals surface area contributed by atoms with E-state index in [9.17, 15) is 4.79 Å². The summed E-state index contributed by atoms with van der Waals surface area (Å²) in [6, 6.07) is 10.2. The van der Waals surface area contributed by atoms with Gasteiger partial charge in [-0.15, -0.1) is 0 Å². The highest BCUT2D eigenvalue weighted by atomic mass is 16.1. The fraction of sp³-hybridized carbons (Fsp3) is 0.280. The molecule has 0 amide bonds. The molecule has 8 heteroatoms. The van der Waals surface area contributed by atoms with Crippen LogP contribution in [-0.4, -0.2) is 45.5 Å². The maximum Gasteiger partial charge on any atom is 0.329 e. The van der Waals surface area contributed by atoms with Crippen LogP contribution in [0.25, 0.3) is 38.6 Å². The molecule has 33 heavy (non-hydrogen) atoms. The molecule has 3 aromatic heterocycles. The monoisotopic (exact) mass is 441 g/mol. The van der Waals surface area contributed by atoms with Crippen molar-refractivity contribution >= 4 is 33.7 Å². The van der Waals surface area contributed by atoms with E-state index in [-0.39, 0.29) is 11.7 Å². The minimum absolute atomic E-state index is 0.00288. The number of aryl methyl sites for hydroxylation is 1. The zero-order valence-corrected chi connectivity index (χ0v) is 18.8. The maximum atomic E-state index is 13.2. The van der Waals surface area contributed by atoms with Crippen LogP contribution in [0.2, 0.25) is 0 Å². The number of benzene rings is 1. The summed E-state index contributed by atoms with van der Waals surface area (Å²) in [6.07, 6.45) is 8.87. The Kier molecular flexibility index (Phi) is 5.51. The Bertz CT molecular complexity index is 1440. The zero-order valence-electron chi connectivity index (χ0n) is 18.8. The Morgan fingerprint density at radius 3 is 2.76 bits per heavy atom. The number of imidazole rings is 1. The molecule has 1 fully saturated rings. The van der Waals surface area contributed by atoms with Crippen LogP contribution in [0.1, 0.15) is 24.6 Å². The summed E-state index contributed by atoms with van der Waals surface area (Å²) in [7, 11) is 3.52. The molecule has 1 aliphatic rings. The molecule has 4 heterocycles. The van der Waals surface area contributed by atoms with E-state index in [1.807, 2.05) is 42.1 Å². The number of nitrogens with two attached hydrogens (primary N) is 1. The van der Waals surface area contributed by atoms with Crippen LogP contribution in [0.5, 0.6) is 0 Å². The molecular formula is C25H27N7O. The molecule has 168 valence electrons. The van der Waals surface area contributed by atoms with Crippen LogP contribution in [0.15, 0.2) is 58.7 Å². The Hall–Kier alpha value is -3.78. The third kappa shape index (κ3) is 3.62. The molecule has 8 nitrogen and oxygen atoms in total. The Balaban J connectivity index is 1.66. The number of fused-ring (bicyclic) bond motifs is 3. The smallest absolute Gasteiger partial charge is 0.329 e. The number of hydrogen-bond acceptors (Lipinski definition) is 6. The maximum absolute atomic E-state index is 13.2. The van der Waals surface area contributed by atoms with Crippen LogP contribution in [0.3, 0.4) is 0 Å². The Morgan fingerprint density at radius 2 is 2.06 bits per heavy atom. The lowest BCUT2D eigenvalue weighted by Gasteiger charge is -2.24. The number of rotatable bonds is 4. The first-order valence-corrected chi connectivity index (χ1v) is 11.1. The highest BCUT2D eigenvalue weighted by Crippen LogP contribution is 2.31. The van der Waals surface area contributed by atoms with E-state index in [1.54, 1.807) is 24.0 Å². The molecule has 0 radical (unpaired) electrons. The summed E-state index contributed by atoms with van der Waals surface area (Å²) in [5.74, 6) is 0. The topological polar surface area (TPSA) is 103 Å². The third-order valence-electron chi connectivity index (χ3n) is 6.39. The Morgan fingerprint density at radius 1 is 1.21 bits per heavy atom. The SMILES string of the molecule is CN=CC(=CN)c1ccc(-c2ccc3ncc4c(c3c2)n(C2CCCNC2)c(=O)n4C)cn1. The normalized spacial score (nSPS) is 17.4. The first-order chi connectivity index (χ1) is 16.1. The number of hydrogen-bond donors (Lipinski definition) is 2. The number of piperidine rings is 1. The van der Waals surface area contributed by atoms with Crippen molar-refractivity contribution in [3.05, 3.63) is 65.1 Å². The van der Waals surface area contributed by atoms with Crippen molar-refractivity contribution in [1.82, 2.24) is 24.4 Å². The van der Waals surface area contributed by atoms with Gasteiger partial charge in [-0.25, -0.2) is 4.79 Å². The van der Waals surface area contributed by atoms with Crippen molar-refractivity contribution < 1.29 is 0 Å². The molecule has 0 bridgehead atoms. The average Bonchev–Trinajstić information content (AvgIpc) is 3.13. The minimum Gasteiger partial charge on any atom is -0.404 e. The highest BCUT2D eigenvalue weighted by Gasteiger charge is 2.23. The molecule has 1 unspecified atom stereocenters. The third-order valence-corrected chi connectivity index (χ3v) is 6.39. The number of nitrogens with zero attached hydrogens (tertiary/aromatic N) is 5. The van der Waals surface area contributed by atoms with Gasteiger partial charge >= 0.3 is 5.69 Å². The summed E-state index contributed by atoms with van der Waals surface area (Å²) in [4.78, 5) is 26.4. The standard InChI is InChI=1S/C25H27N7O/c1-27-12-18(11-26)21-7-6-17(13-29-21)16-5-8-22-20(10-16)24-23(15-30-22)31(2)25(33)32(24)19-4-3-9-28-14-19/h5-8,10-13,15,19,28H,3-4,9,14,26H2,1-2H3. The molecule has 1 atom stereocenters. The van der Waals surface area contributed by atoms with E-state index >= 15 is 0 Å². The van der Waals surface area contributed by atoms with Gasteiger partial charge in [-0.05, 0) is 43.1 Å². The number of pyridine rings is 2. The van der Waals surface area contributed by atoms with Gasteiger partial charge in [-0.3, -0.25) is 24.1 Å². The van der Waals surface area contributed by atoms with Crippen LogP contribution in [-0.2, 0) is 7.05 Å². The van der Waals surface area contributed by atoms with Gasteiger partial charge in [0.05, 0.1) is 34.5 Å². The molecule has 1 aliphatic heterocycles. The largest absolute Gasteiger partial charge is 0.404 e. The highest BCUT2D eigenvalue weighted by molar-refractivity contribution is 6.09. The van der Waals surface area contributed by atoms with E-state index in [0.717, 1.165) is 70.3 Å². The van der Waals surface area contributed by atoms with E-state index in [2.05, 4.69) is 26.3 Å². The van der Waals surface area contributed by atoms with Gasteiger partial charge in [-0.1, -0.05) is 12.1 Å². The van der Waals surface area contributed by atoms with Crippen LogP contribution >= 0.6 is 0 Å². The molecule has 1 aromatic carbocycles. The molecule has 0 spiro atoms. The minimum atomic E-state index is 0.00288. The first kappa shape index (κ1) is 21.1. The van der Waals surface area contributed by atoms with Crippen LogP contribution < -0.4 is 16.7 Å². The van der Waals surface area contributed by atoms with Gasteiger partial charge in [0.15, 0.2) is 0 Å². The van der Waals surface area contributed by atoms with Gasteiger partial charge in [0, 0.05) is 55.8 Å². The van der Waals surface area contributed by atoms with Gasteiger partial charge in [0.2, 0.25) is 0 Å². The lowest BCUT2D eigenvalue weighted by Crippen LogP contribution is -2.36. The summed E-state index contributed by atoms with van der Waals surface area (Å²) < 4.78 is 3.66. The van der Waals surface area contributed by atoms with Gasteiger partial charge in [0.25, 0.3) is 0 Å². The lowest BCUT2D eigenvalue weighted by atomic mass is 10.0. The lowest BCUT2D eigenvalue weighted by molar-refractivity contribution is 0.369. The number of allylic oxidation sites excluding steroid dienone is 1. The Labute approximate surface area is 191 Å². The first-order valence-electron chi connectivity index (χ1n) is 11.1. The van der Waals surface area contributed by atoms with E-state index in [0.29, 0.717) is 0 Å². The second-order valence-corrected chi connectivity index (χ2v) is 8.38. The van der Waals surface area contributed by atoms with Crippen molar-refractivity contribution in [3.8, 4) is 11.1 Å². The second-order valence-electron chi connectivity index (χ2n) is 8.38. The fourth-order valence-corrected chi connectivity index (χ4v) is 4.67. The van der Waals surface area contributed by atoms with E-state index in [1.165, 1.54) is 6.20 Å². The molecule has 5 rings (SSSR count). The zero-order chi connectivity index (χ0) is 22.9. The van der Waals surface area contributed by atoms with Gasteiger partial charge in [-0.2, -0.15) is 0 Å². The predicted octanol–water partition coefficient (Wildman–Crippen LogP) is 2.87. The van der Waals surface area contributed by atoms with Crippen molar-refractivity contribution in [2.24, 2.45) is 17.8 Å². The molecule has 4 aromatic rings. The average molecular weight is 442 g/mol. The number of nitrogens with one attached hydrogen (secondary N) is 1. The van der Waals surface area contributed by atoms with Gasteiger partial charge < -0.3 is 11.1 Å². The van der Waals surface area contributed by atoms with Crippen LogP contribution in [0, 0.1) is 0 Å². The van der Waals surface area contributed by atoms with Crippen molar-refractivity contribution in [2.45, 2.75) is 18.9 Å². The molecular weight excluding hydrogens is 414 g/mol. The second kappa shape index (κ2) is 8.63. The van der Waals surface area contributed by atoms with Crippen molar-refractivity contribution in [1.29, 1.82) is 0 Å². The fourth-order valence-electron chi connectivity index (χ4n) is 4.67. The summed E-state index contributed by atoms with van der Waals surface area (Å²) >= 11 is 0. The summed E-state index contributed by atoms with van der Waals surface area (Å²) in [5.41, 5.74) is 11.9. The molecule has 0 saturated carbocycles. The molecule has 0 aliphatic carbocycles. The van der Waals surface area contributed by atoms with E-state index < -0.39 is 0 Å². The quantitative estimate of drug-likeness (QED) is 0.474. The molecule has 3 N–H and O–H groups in total. The predicted molar refractivity (Wildman–Crippen MR) is 133 cm³/mol. The number of aromatic nitrogens is 4.